The van der Waals surface area contributed by atoms with Crippen LogP contribution in [0.3, 0.4) is 0 Å². The largest absolute Gasteiger partial charge is 0.497 e. The molecular formula is C21H23N3O4. The molecule has 0 unspecified atom stereocenters. The Balaban J connectivity index is 1.50. The van der Waals surface area contributed by atoms with Gasteiger partial charge in [0.05, 0.1) is 7.11 Å². The normalized spacial score (nSPS) is 10.5. The van der Waals surface area contributed by atoms with Gasteiger partial charge >= 0.3 is 0 Å². The van der Waals surface area contributed by atoms with Gasteiger partial charge in [-0.3, -0.25) is 4.79 Å². The van der Waals surface area contributed by atoms with Crippen molar-refractivity contribution in [1.29, 1.82) is 0 Å². The molecule has 0 saturated heterocycles. The number of aromatic nitrogens is 2. The maximum atomic E-state index is 12.5. The molecule has 0 aliphatic carbocycles. The quantitative estimate of drug-likeness (QED) is 0.596. The summed E-state index contributed by atoms with van der Waals surface area (Å²) in [6.07, 6.45) is 0.492. The number of nitrogens with zero attached hydrogens (tertiary/aromatic N) is 3. The number of aryl methyl sites for hydroxylation is 1. The highest BCUT2D eigenvalue weighted by Gasteiger charge is 2.14. The van der Waals surface area contributed by atoms with E-state index < -0.39 is 0 Å². The Labute approximate surface area is 163 Å². The van der Waals surface area contributed by atoms with Crippen LogP contribution in [0.1, 0.15) is 27.6 Å². The third-order valence-corrected chi connectivity index (χ3v) is 4.31. The van der Waals surface area contributed by atoms with Gasteiger partial charge in [-0.25, -0.2) is 0 Å². The highest BCUT2D eigenvalue weighted by atomic mass is 16.5. The molecule has 0 aliphatic heterocycles. The predicted molar refractivity (Wildman–Crippen MR) is 103 cm³/mol. The minimum absolute atomic E-state index is 0.0748. The molecule has 0 spiro atoms. The maximum Gasteiger partial charge on any atom is 0.264 e. The van der Waals surface area contributed by atoms with Gasteiger partial charge in [-0.1, -0.05) is 23.4 Å². The molecule has 0 N–H and O–H groups in total. The van der Waals surface area contributed by atoms with Crippen molar-refractivity contribution in [2.24, 2.45) is 0 Å². The number of amides is 1. The van der Waals surface area contributed by atoms with E-state index in [1.54, 1.807) is 43.3 Å². The van der Waals surface area contributed by atoms with Crippen LogP contribution in [0.2, 0.25) is 0 Å². The molecule has 3 rings (SSSR count). The lowest BCUT2D eigenvalue weighted by molar-refractivity contribution is 0.0795. The van der Waals surface area contributed by atoms with Gasteiger partial charge in [-0.2, -0.15) is 4.98 Å². The summed E-state index contributed by atoms with van der Waals surface area (Å²) in [5.41, 5.74) is 1.64. The van der Waals surface area contributed by atoms with Gasteiger partial charge in [0.2, 0.25) is 0 Å². The van der Waals surface area contributed by atoms with E-state index in [0.29, 0.717) is 36.0 Å². The third-order valence-electron chi connectivity index (χ3n) is 4.31. The summed E-state index contributed by atoms with van der Waals surface area (Å²) in [6.45, 7) is 2.66. The Morgan fingerprint density at radius 1 is 1.14 bits per heavy atom. The van der Waals surface area contributed by atoms with Gasteiger partial charge in [0.15, 0.2) is 12.4 Å². The highest BCUT2D eigenvalue weighted by molar-refractivity contribution is 5.94. The molecule has 0 aliphatic rings. The van der Waals surface area contributed by atoms with Crippen LogP contribution in [-0.4, -0.2) is 41.6 Å². The summed E-state index contributed by atoms with van der Waals surface area (Å²) in [7, 11) is 3.34. The van der Waals surface area contributed by atoms with Crippen LogP contribution in [0.15, 0.2) is 53.1 Å². The number of rotatable bonds is 8. The zero-order valence-electron chi connectivity index (χ0n) is 16.2. The summed E-state index contributed by atoms with van der Waals surface area (Å²) >= 11 is 0. The summed E-state index contributed by atoms with van der Waals surface area (Å²) < 4.78 is 16.0. The number of likely N-dealkylation sites (N-methyl/N-ethyl adjacent to an activating group) is 1. The fourth-order valence-corrected chi connectivity index (χ4v) is 2.63. The summed E-state index contributed by atoms with van der Waals surface area (Å²) in [5.74, 6) is 2.37. The number of hydrogen-bond acceptors (Lipinski definition) is 6. The molecule has 0 radical (unpaired) electrons. The van der Waals surface area contributed by atoms with Gasteiger partial charge in [0.25, 0.3) is 11.8 Å². The van der Waals surface area contributed by atoms with E-state index in [4.69, 9.17) is 14.0 Å². The lowest BCUT2D eigenvalue weighted by atomic mass is 10.2. The van der Waals surface area contributed by atoms with E-state index >= 15 is 0 Å². The molecule has 0 atom stereocenters. The van der Waals surface area contributed by atoms with E-state index in [2.05, 4.69) is 10.1 Å². The maximum absolute atomic E-state index is 12.5. The number of methoxy groups -OCH3 is 1. The van der Waals surface area contributed by atoms with Crippen molar-refractivity contribution in [2.75, 3.05) is 20.7 Å². The van der Waals surface area contributed by atoms with Gasteiger partial charge < -0.3 is 18.9 Å². The van der Waals surface area contributed by atoms with Crippen LogP contribution in [0.4, 0.5) is 0 Å². The first-order valence-electron chi connectivity index (χ1n) is 8.96. The lowest BCUT2D eigenvalue weighted by Gasteiger charge is -2.16. The van der Waals surface area contributed by atoms with Crippen molar-refractivity contribution >= 4 is 5.91 Å². The van der Waals surface area contributed by atoms with Crippen LogP contribution in [0, 0.1) is 6.92 Å². The number of carbonyl (C=O) groups excluding carboxylic acids is 1. The first kappa shape index (κ1) is 19.4. The van der Waals surface area contributed by atoms with Crippen molar-refractivity contribution in [3.63, 3.8) is 0 Å². The molecule has 146 valence electrons. The van der Waals surface area contributed by atoms with E-state index in [9.17, 15) is 4.79 Å². The standard InChI is InChI=1S/C21H23N3O4/c1-15-6-4-5-7-18(15)27-14-20-22-19(23-28-20)12-13-24(2)21(25)16-8-10-17(26-3)11-9-16/h4-11H,12-14H2,1-3H3. The molecule has 28 heavy (non-hydrogen) atoms. The molecule has 1 heterocycles. The Morgan fingerprint density at radius 2 is 1.89 bits per heavy atom. The zero-order chi connectivity index (χ0) is 19.9. The van der Waals surface area contributed by atoms with E-state index in [0.717, 1.165) is 11.3 Å². The van der Waals surface area contributed by atoms with Gasteiger partial charge in [-0.15, -0.1) is 0 Å². The van der Waals surface area contributed by atoms with Gasteiger partial charge in [0.1, 0.15) is 11.5 Å². The van der Waals surface area contributed by atoms with Crippen molar-refractivity contribution in [2.45, 2.75) is 20.0 Å². The highest BCUT2D eigenvalue weighted by Crippen LogP contribution is 2.17. The first-order valence-corrected chi connectivity index (χ1v) is 8.96. The Hall–Kier alpha value is -3.35. The Bertz CT molecular complexity index is 921. The predicted octanol–water partition coefficient (Wildman–Crippen LogP) is 3.28. The first-order chi connectivity index (χ1) is 13.6. The second-order valence-electron chi connectivity index (χ2n) is 6.36. The number of carbonyl (C=O) groups is 1. The molecular weight excluding hydrogens is 358 g/mol. The van der Waals surface area contributed by atoms with E-state index in [1.807, 2.05) is 31.2 Å². The average molecular weight is 381 g/mol. The molecule has 1 aromatic heterocycles. The second-order valence-corrected chi connectivity index (χ2v) is 6.36. The molecule has 1 amide bonds. The van der Waals surface area contributed by atoms with Crippen LogP contribution < -0.4 is 9.47 Å². The summed E-state index contributed by atoms with van der Waals surface area (Å²) in [6, 6.07) is 14.8. The van der Waals surface area contributed by atoms with E-state index in [1.165, 1.54) is 0 Å². The molecule has 0 saturated carbocycles. The van der Waals surface area contributed by atoms with Crippen molar-refractivity contribution in [3.8, 4) is 11.5 Å². The molecule has 0 bridgehead atoms. The van der Waals surface area contributed by atoms with Gasteiger partial charge in [0, 0.05) is 25.6 Å². The van der Waals surface area contributed by atoms with Crippen LogP contribution in [0.25, 0.3) is 0 Å². The SMILES string of the molecule is COc1ccc(C(=O)N(C)CCc2noc(COc3ccccc3C)n2)cc1. The Kier molecular flexibility index (Phi) is 6.26. The second kappa shape index (κ2) is 9.03. The smallest absolute Gasteiger partial charge is 0.264 e. The summed E-state index contributed by atoms with van der Waals surface area (Å²) in [5, 5.41) is 3.96. The van der Waals surface area contributed by atoms with Crippen molar-refractivity contribution in [1.82, 2.24) is 15.0 Å². The number of ether oxygens (including phenoxy) is 2. The third kappa shape index (κ3) is 4.88. The zero-order valence-corrected chi connectivity index (χ0v) is 16.2. The average Bonchev–Trinajstić information content (AvgIpc) is 3.19. The van der Waals surface area contributed by atoms with Crippen molar-refractivity contribution < 1.29 is 18.8 Å². The van der Waals surface area contributed by atoms with Crippen LogP contribution in [0.5, 0.6) is 11.5 Å². The van der Waals surface area contributed by atoms with Gasteiger partial charge in [-0.05, 0) is 42.8 Å². The molecule has 7 nitrogen and oxygen atoms in total. The van der Waals surface area contributed by atoms with E-state index in [-0.39, 0.29) is 12.5 Å². The number of benzene rings is 2. The molecule has 3 aromatic rings. The number of para-hydroxylation sites is 1. The molecule has 7 heteroatoms. The lowest BCUT2D eigenvalue weighted by Crippen LogP contribution is -2.29. The minimum Gasteiger partial charge on any atom is -0.497 e. The topological polar surface area (TPSA) is 77.7 Å². The fourth-order valence-electron chi connectivity index (χ4n) is 2.63. The van der Waals surface area contributed by atoms with Crippen molar-refractivity contribution in [3.05, 3.63) is 71.4 Å². The van der Waals surface area contributed by atoms with Crippen LogP contribution in [-0.2, 0) is 13.0 Å². The monoisotopic (exact) mass is 381 g/mol. The fraction of sp³-hybridized carbons (Fsp3) is 0.286. The summed E-state index contributed by atoms with van der Waals surface area (Å²) in [4.78, 5) is 18.4. The van der Waals surface area contributed by atoms with Crippen LogP contribution >= 0.6 is 0 Å². The minimum atomic E-state index is -0.0748. The molecule has 2 aromatic carbocycles. The molecule has 0 fully saturated rings. The Morgan fingerprint density at radius 3 is 2.61 bits per heavy atom. The number of hydrogen-bond donors (Lipinski definition) is 0.